The average molecular weight is 496 g/mol. The number of rotatable bonds is 4. The summed E-state index contributed by atoms with van der Waals surface area (Å²) in [7, 11) is 1.05. The maximum atomic E-state index is 13.0. The highest BCUT2D eigenvalue weighted by molar-refractivity contribution is 9.10. The lowest BCUT2D eigenvalue weighted by Crippen LogP contribution is -2.13. The molecule has 0 aliphatic heterocycles. The monoisotopic (exact) mass is 495 g/mol. The first-order valence-electron chi connectivity index (χ1n) is 8.16. The van der Waals surface area contributed by atoms with Gasteiger partial charge in [0.15, 0.2) is 11.4 Å². The quantitative estimate of drug-likeness (QED) is 0.532. The van der Waals surface area contributed by atoms with E-state index in [0.29, 0.717) is 10.2 Å². The highest BCUT2D eigenvalue weighted by Gasteiger charge is 2.39. The van der Waals surface area contributed by atoms with Gasteiger partial charge in [0.05, 0.1) is 28.5 Å². The van der Waals surface area contributed by atoms with Gasteiger partial charge in [-0.05, 0) is 33.6 Å². The van der Waals surface area contributed by atoms with Crippen LogP contribution in [0.4, 0.5) is 32.0 Å². The van der Waals surface area contributed by atoms with Gasteiger partial charge < -0.3 is 5.32 Å². The third kappa shape index (κ3) is 4.66. The van der Waals surface area contributed by atoms with Crippen LogP contribution >= 0.6 is 15.9 Å². The molecule has 1 N–H and O–H groups in total. The van der Waals surface area contributed by atoms with Crippen LogP contribution in [0.25, 0.3) is 0 Å². The molecule has 1 amide bonds. The zero-order valence-corrected chi connectivity index (χ0v) is 16.6. The van der Waals surface area contributed by atoms with Crippen molar-refractivity contribution < 1.29 is 31.1 Å². The SMILES string of the molecule is Cn1nc(C(=O)Nc2cnn(Cc3cccc(C(F)(F)F)c3)c2)c(Br)c1C(F)(F)F. The molecule has 3 aromatic rings. The molecule has 1 aromatic carbocycles. The second-order valence-electron chi connectivity index (χ2n) is 6.21. The van der Waals surface area contributed by atoms with Crippen LogP contribution in [-0.2, 0) is 25.9 Å². The van der Waals surface area contributed by atoms with E-state index in [0.717, 1.165) is 19.2 Å². The third-order valence-electron chi connectivity index (χ3n) is 3.96. The Morgan fingerprint density at radius 1 is 1.17 bits per heavy atom. The van der Waals surface area contributed by atoms with Gasteiger partial charge in [0.1, 0.15) is 0 Å². The van der Waals surface area contributed by atoms with E-state index in [1.807, 2.05) is 0 Å². The standard InChI is InChI=1S/C17H12BrF6N5O/c1-28-14(17(22,23)24)12(18)13(27-28)15(30)26-11-6-25-29(8-11)7-9-3-2-4-10(5-9)16(19,20)21/h2-6,8H,7H2,1H3,(H,26,30). The number of hydrogen-bond donors (Lipinski definition) is 1. The van der Waals surface area contributed by atoms with E-state index in [2.05, 4.69) is 31.4 Å². The number of nitrogens with one attached hydrogen (secondary N) is 1. The van der Waals surface area contributed by atoms with Crippen LogP contribution in [0.1, 0.15) is 27.3 Å². The molecule has 0 saturated heterocycles. The van der Waals surface area contributed by atoms with E-state index in [4.69, 9.17) is 0 Å². The zero-order valence-electron chi connectivity index (χ0n) is 15.0. The van der Waals surface area contributed by atoms with Crippen molar-refractivity contribution in [3.8, 4) is 0 Å². The topological polar surface area (TPSA) is 64.7 Å². The van der Waals surface area contributed by atoms with E-state index >= 15 is 0 Å². The number of hydrogen-bond acceptors (Lipinski definition) is 3. The highest BCUT2D eigenvalue weighted by Crippen LogP contribution is 2.36. The summed E-state index contributed by atoms with van der Waals surface area (Å²) in [5, 5.41) is 9.88. The number of carbonyl (C=O) groups is 1. The van der Waals surface area contributed by atoms with Crippen molar-refractivity contribution in [2.45, 2.75) is 18.9 Å². The Balaban J connectivity index is 1.75. The lowest BCUT2D eigenvalue weighted by Gasteiger charge is -2.08. The van der Waals surface area contributed by atoms with Crippen LogP contribution in [0.2, 0.25) is 0 Å². The number of benzene rings is 1. The average Bonchev–Trinajstić information content (AvgIpc) is 3.17. The summed E-state index contributed by atoms with van der Waals surface area (Å²) in [6.07, 6.45) is -6.65. The van der Waals surface area contributed by atoms with Crippen LogP contribution in [0.15, 0.2) is 41.1 Å². The predicted octanol–water partition coefficient (Wildman–Crippen LogP) is 4.72. The van der Waals surface area contributed by atoms with Gasteiger partial charge in [-0.15, -0.1) is 0 Å². The van der Waals surface area contributed by atoms with Crippen molar-refractivity contribution in [3.63, 3.8) is 0 Å². The molecule has 160 valence electrons. The van der Waals surface area contributed by atoms with Gasteiger partial charge in [-0.1, -0.05) is 12.1 Å². The van der Waals surface area contributed by atoms with Crippen molar-refractivity contribution in [2.75, 3.05) is 5.32 Å². The summed E-state index contributed by atoms with van der Waals surface area (Å²) in [5.41, 5.74) is -1.93. The Kier molecular flexibility index (Phi) is 5.67. The number of alkyl halides is 6. The van der Waals surface area contributed by atoms with Crippen LogP contribution in [0.5, 0.6) is 0 Å². The summed E-state index contributed by atoms with van der Waals surface area (Å²) in [4.78, 5) is 12.3. The van der Waals surface area contributed by atoms with E-state index in [9.17, 15) is 31.1 Å². The maximum Gasteiger partial charge on any atom is 0.434 e. The molecule has 0 aliphatic rings. The van der Waals surface area contributed by atoms with Gasteiger partial charge >= 0.3 is 12.4 Å². The Morgan fingerprint density at radius 2 is 1.87 bits per heavy atom. The Bertz CT molecular complexity index is 1090. The second kappa shape index (κ2) is 7.78. The number of nitrogens with zero attached hydrogens (tertiary/aromatic N) is 4. The summed E-state index contributed by atoms with van der Waals surface area (Å²) < 4.78 is 78.8. The molecule has 0 bridgehead atoms. The van der Waals surface area contributed by atoms with Gasteiger partial charge in [-0.2, -0.15) is 36.5 Å². The van der Waals surface area contributed by atoms with Gasteiger partial charge in [0.2, 0.25) is 0 Å². The smallest absolute Gasteiger partial charge is 0.318 e. The fourth-order valence-electron chi connectivity index (χ4n) is 2.69. The molecule has 0 fully saturated rings. The fraction of sp³-hybridized carbons (Fsp3) is 0.235. The molecule has 0 aliphatic carbocycles. The van der Waals surface area contributed by atoms with Gasteiger partial charge in [-0.3, -0.25) is 14.2 Å². The van der Waals surface area contributed by atoms with Crippen molar-refractivity contribution in [3.05, 3.63) is 63.6 Å². The lowest BCUT2D eigenvalue weighted by molar-refractivity contribution is -0.144. The normalized spacial score (nSPS) is 12.3. The first kappa shape index (κ1) is 21.9. The molecule has 30 heavy (non-hydrogen) atoms. The van der Waals surface area contributed by atoms with Crippen LogP contribution in [0, 0.1) is 0 Å². The largest absolute Gasteiger partial charge is 0.434 e. The fourth-order valence-corrected chi connectivity index (χ4v) is 3.43. The third-order valence-corrected chi connectivity index (χ3v) is 4.71. The van der Waals surface area contributed by atoms with Crippen LogP contribution in [-0.4, -0.2) is 25.5 Å². The minimum absolute atomic E-state index is 0.00864. The molecule has 2 aromatic heterocycles. The number of aryl methyl sites for hydroxylation is 1. The molecule has 3 rings (SSSR count). The number of aromatic nitrogens is 4. The van der Waals surface area contributed by atoms with E-state index in [-0.39, 0.29) is 12.2 Å². The lowest BCUT2D eigenvalue weighted by atomic mass is 10.1. The minimum atomic E-state index is -4.71. The van der Waals surface area contributed by atoms with E-state index in [1.165, 1.54) is 29.2 Å². The zero-order chi connectivity index (χ0) is 22.3. The highest BCUT2D eigenvalue weighted by atomic mass is 79.9. The number of halogens is 7. The molecule has 2 heterocycles. The number of anilines is 1. The van der Waals surface area contributed by atoms with Gasteiger partial charge in [0.25, 0.3) is 5.91 Å². The molecular weight excluding hydrogens is 484 g/mol. The molecule has 0 radical (unpaired) electrons. The molecular formula is C17H12BrF6N5O. The Hall–Kier alpha value is -2.83. The first-order valence-corrected chi connectivity index (χ1v) is 8.95. The van der Waals surface area contributed by atoms with Gasteiger partial charge in [-0.25, -0.2) is 0 Å². The Labute approximate surface area is 173 Å². The molecule has 13 heteroatoms. The van der Waals surface area contributed by atoms with Crippen LogP contribution in [0.3, 0.4) is 0 Å². The summed E-state index contributed by atoms with van der Waals surface area (Å²) in [5.74, 6) is -0.911. The molecule has 0 saturated carbocycles. The van der Waals surface area contributed by atoms with Crippen molar-refractivity contribution in [1.29, 1.82) is 0 Å². The van der Waals surface area contributed by atoms with Crippen LogP contribution < -0.4 is 5.32 Å². The minimum Gasteiger partial charge on any atom is -0.318 e. The summed E-state index contributed by atoms with van der Waals surface area (Å²) >= 11 is 2.75. The number of amides is 1. The predicted molar refractivity (Wildman–Crippen MR) is 96.6 cm³/mol. The first-order chi connectivity index (χ1) is 13.9. The Morgan fingerprint density at radius 3 is 2.47 bits per heavy atom. The van der Waals surface area contributed by atoms with Gasteiger partial charge in [0, 0.05) is 13.2 Å². The maximum absolute atomic E-state index is 13.0. The molecule has 0 unspecified atom stereocenters. The molecule has 6 nitrogen and oxygen atoms in total. The molecule has 0 atom stereocenters. The summed E-state index contributed by atoms with van der Waals surface area (Å²) in [6.45, 7) is -0.00864. The van der Waals surface area contributed by atoms with Crippen molar-refractivity contribution >= 4 is 27.5 Å². The second-order valence-corrected chi connectivity index (χ2v) is 7.00. The number of carbonyl (C=O) groups excluding carboxylic acids is 1. The summed E-state index contributed by atoms with van der Waals surface area (Å²) in [6, 6.07) is 4.67. The van der Waals surface area contributed by atoms with Crippen molar-refractivity contribution in [2.24, 2.45) is 7.05 Å². The van der Waals surface area contributed by atoms with E-state index < -0.39 is 39.7 Å². The van der Waals surface area contributed by atoms with Crippen molar-refractivity contribution in [1.82, 2.24) is 19.6 Å². The molecule has 0 spiro atoms. The van der Waals surface area contributed by atoms with E-state index in [1.54, 1.807) is 0 Å².